The van der Waals surface area contributed by atoms with Crippen LogP contribution in [0, 0.1) is 0 Å². The molecule has 3 rings (SSSR count). The van der Waals surface area contributed by atoms with Crippen molar-refractivity contribution >= 4 is 21.8 Å². The summed E-state index contributed by atoms with van der Waals surface area (Å²) in [5, 5.41) is 10.6. The Bertz CT molecular complexity index is 1190. The molecule has 1 aromatic heterocycles. The van der Waals surface area contributed by atoms with E-state index in [1.165, 1.54) is 12.1 Å². The Kier molecular flexibility index (Phi) is 8.58. The summed E-state index contributed by atoms with van der Waals surface area (Å²) in [7, 11) is -2.14. The van der Waals surface area contributed by atoms with E-state index in [9.17, 15) is 18.0 Å². The largest absolute Gasteiger partial charge is 0.468 e. The molecule has 0 radical (unpaired) electrons. The van der Waals surface area contributed by atoms with Crippen LogP contribution in [0.3, 0.4) is 0 Å². The molecule has 10 heteroatoms. The Morgan fingerprint density at radius 1 is 0.971 bits per heavy atom. The molecule has 0 aliphatic heterocycles. The number of hydrogen-bond donors (Lipinski definition) is 3. The van der Waals surface area contributed by atoms with Crippen LogP contribution in [-0.2, 0) is 34.3 Å². The molecule has 0 aliphatic rings. The third-order valence-corrected chi connectivity index (χ3v) is 6.09. The van der Waals surface area contributed by atoms with Crippen molar-refractivity contribution in [3.8, 4) is 0 Å². The Morgan fingerprint density at radius 3 is 2.24 bits per heavy atom. The van der Waals surface area contributed by atoms with E-state index in [2.05, 4.69) is 10.6 Å². The van der Waals surface area contributed by atoms with Crippen LogP contribution in [-0.4, -0.2) is 45.3 Å². The number of amides is 2. The highest BCUT2D eigenvalue weighted by atomic mass is 32.2. The number of furan rings is 1. The van der Waals surface area contributed by atoms with Crippen molar-refractivity contribution in [2.45, 2.75) is 24.4 Å². The van der Waals surface area contributed by atoms with E-state index in [4.69, 9.17) is 9.56 Å². The fourth-order valence-electron chi connectivity index (χ4n) is 3.41. The summed E-state index contributed by atoms with van der Waals surface area (Å²) in [5.74, 6) is 0.442. The quantitative estimate of drug-likeness (QED) is 0.379. The normalized spacial score (nSPS) is 11.4. The van der Waals surface area contributed by atoms with Gasteiger partial charge in [-0.05, 0) is 53.9 Å². The number of carbonyl (C=O) groups excluding carboxylic acids is 2. The third kappa shape index (κ3) is 7.55. The first kappa shape index (κ1) is 25.2. The molecule has 4 N–H and O–H groups in total. The zero-order valence-corrected chi connectivity index (χ0v) is 19.7. The van der Waals surface area contributed by atoms with Gasteiger partial charge in [-0.25, -0.2) is 13.6 Å². The number of hydrogen-bond acceptors (Lipinski definition) is 6. The maximum absolute atomic E-state index is 12.6. The van der Waals surface area contributed by atoms with Crippen molar-refractivity contribution in [2.24, 2.45) is 5.14 Å². The van der Waals surface area contributed by atoms with E-state index in [0.717, 1.165) is 16.9 Å². The fourth-order valence-corrected chi connectivity index (χ4v) is 3.92. The highest BCUT2D eigenvalue weighted by Gasteiger charge is 2.14. The second-order valence-electron chi connectivity index (χ2n) is 7.79. The first-order valence-corrected chi connectivity index (χ1v) is 12.2. The number of carbonyl (C=O) groups is 2. The van der Waals surface area contributed by atoms with Gasteiger partial charge in [0.25, 0.3) is 5.91 Å². The summed E-state index contributed by atoms with van der Waals surface area (Å²) < 4.78 is 28.1. The highest BCUT2D eigenvalue weighted by Crippen LogP contribution is 2.12. The first-order chi connectivity index (χ1) is 16.2. The number of nitrogens with zero attached hydrogens (tertiary/aromatic N) is 1. The van der Waals surface area contributed by atoms with E-state index >= 15 is 0 Å². The maximum atomic E-state index is 12.6. The van der Waals surface area contributed by atoms with Crippen molar-refractivity contribution in [1.29, 1.82) is 0 Å². The van der Waals surface area contributed by atoms with Gasteiger partial charge in [-0.2, -0.15) is 0 Å². The third-order valence-electron chi connectivity index (χ3n) is 5.16. The number of primary sulfonamides is 1. The van der Waals surface area contributed by atoms with Crippen molar-refractivity contribution in [3.05, 3.63) is 89.4 Å². The van der Waals surface area contributed by atoms with Gasteiger partial charge in [0.15, 0.2) is 0 Å². The lowest BCUT2D eigenvalue weighted by Gasteiger charge is -2.21. The topological polar surface area (TPSA) is 135 Å². The Hall–Kier alpha value is -3.47. The molecule has 0 spiro atoms. The van der Waals surface area contributed by atoms with Crippen LogP contribution in [0.5, 0.6) is 0 Å². The average molecular weight is 485 g/mol. The SMILES string of the molecule is CNC(=O)c1ccc(CN(CC(=O)NCCc2ccc(S(N)(=O)=O)cc2)Cc2ccco2)cc1. The molecule has 0 atom stereocenters. The second kappa shape index (κ2) is 11.6. The minimum absolute atomic E-state index is 0.0530. The van der Waals surface area contributed by atoms with Gasteiger partial charge in [0, 0.05) is 25.7 Å². The van der Waals surface area contributed by atoms with E-state index in [1.807, 2.05) is 23.1 Å². The smallest absolute Gasteiger partial charge is 0.251 e. The molecule has 34 heavy (non-hydrogen) atoms. The minimum Gasteiger partial charge on any atom is -0.468 e. The molecule has 9 nitrogen and oxygen atoms in total. The molecular formula is C24H28N4O5S. The first-order valence-electron chi connectivity index (χ1n) is 10.7. The van der Waals surface area contributed by atoms with Gasteiger partial charge in [0.1, 0.15) is 5.76 Å². The predicted molar refractivity (Wildman–Crippen MR) is 127 cm³/mol. The molecule has 0 fully saturated rings. The van der Waals surface area contributed by atoms with Gasteiger partial charge in [-0.3, -0.25) is 14.5 Å². The number of nitrogens with one attached hydrogen (secondary N) is 2. The summed E-state index contributed by atoms with van der Waals surface area (Å²) in [6, 6.07) is 17.1. The number of rotatable bonds is 11. The van der Waals surface area contributed by atoms with Crippen LogP contribution >= 0.6 is 0 Å². The molecule has 0 bridgehead atoms. The van der Waals surface area contributed by atoms with Gasteiger partial charge in [-0.15, -0.1) is 0 Å². The van der Waals surface area contributed by atoms with Gasteiger partial charge in [-0.1, -0.05) is 24.3 Å². The van der Waals surface area contributed by atoms with Crippen molar-refractivity contribution in [3.63, 3.8) is 0 Å². The average Bonchev–Trinajstić information content (AvgIpc) is 3.32. The van der Waals surface area contributed by atoms with E-state index in [0.29, 0.717) is 31.6 Å². The molecule has 2 aromatic carbocycles. The van der Waals surface area contributed by atoms with Crippen LogP contribution in [0.1, 0.15) is 27.2 Å². The Labute approximate surface area is 199 Å². The molecule has 180 valence electrons. The Morgan fingerprint density at radius 2 is 1.65 bits per heavy atom. The number of nitrogens with two attached hydrogens (primary N) is 1. The standard InChI is InChI=1S/C24H28N4O5S/c1-26-24(30)20-8-4-19(5-9-20)15-28(16-21-3-2-14-33-21)17-23(29)27-13-12-18-6-10-22(11-7-18)34(25,31)32/h2-11,14H,12-13,15-17H2,1H3,(H,26,30)(H,27,29)(H2,25,31,32). The van der Waals surface area contributed by atoms with Crippen LogP contribution in [0.2, 0.25) is 0 Å². The van der Waals surface area contributed by atoms with Crippen LogP contribution < -0.4 is 15.8 Å². The minimum atomic E-state index is -3.73. The molecule has 0 aliphatic carbocycles. The van der Waals surface area contributed by atoms with Crippen molar-refractivity contribution in [2.75, 3.05) is 20.1 Å². The van der Waals surface area contributed by atoms with Gasteiger partial charge >= 0.3 is 0 Å². The van der Waals surface area contributed by atoms with Crippen molar-refractivity contribution in [1.82, 2.24) is 15.5 Å². The van der Waals surface area contributed by atoms with E-state index in [-0.39, 0.29) is 23.3 Å². The van der Waals surface area contributed by atoms with E-state index < -0.39 is 10.0 Å². The fraction of sp³-hybridized carbons (Fsp3) is 0.250. The van der Waals surface area contributed by atoms with Gasteiger partial charge in [0.05, 0.1) is 24.2 Å². The molecule has 0 unspecified atom stereocenters. The monoisotopic (exact) mass is 484 g/mol. The zero-order chi connectivity index (χ0) is 24.6. The molecular weight excluding hydrogens is 456 g/mol. The summed E-state index contributed by atoms with van der Waals surface area (Å²) >= 11 is 0. The highest BCUT2D eigenvalue weighted by molar-refractivity contribution is 7.89. The second-order valence-corrected chi connectivity index (χ2v) is 9.35. The zero-order valence-electron chi connectivity index (χ0n) is 18.9. The summed E-state index contributed by atoms with van der Waals surface area (Å²) in [5.41, 5.74) is 2.41. The van der Waals surface area contributed by atoms with E-state index in [1.54, 1.807) is 43.6 Å². The lowest BCUT2D eigenvalue weighted by atomic mass is 10.1. The van der Waals surface area contributed by atoms with Crippen LogP contribution in [0.4, 0.5) is 0 Å². The summed E-state index contributed by atoms with van der Waals surface area (Å²) in [4.78, 5) is 26.3. The molecule has 1 heterocycles. The van der Waals surface area contributed by atoms with Crippen LogP contribution in [0.15, 0.2) is 76.2 Å². The Balaban J connectivity index is 1.56. The number of benzene rings is 2. The molecule has 0 saturated carbocycles. The van der Waals surface area contributed by atoms with Crippen molar-refractivity contribution < 1.29 is 22.4 Å². The predicted octanol–water partition coefficient (Wildman–Crippen LogP) is 1.65. The lowest BCUT2D eigenvalue weighted by Crippen LogP contribution is -2.37. The van der Waals surface area contributed by atoms with Crippen LogP contribution in [0.25, 0.3) is 0 Å². The van der Waals surface area contributed by atoms with Gasteiger partial charge in [0.2, 0.25) is 15.9 Å². The molecule has 3 aromatic rings. The lowest BCUT2D eigenvalue weighted by molar-refractivity contribution is -0.122. The molecule has 0 saturated heterocycles. The maximum Gasteiger partial charge on any atom is 0.251 e. The van der Waals surface area contributed by atoms with Gasteiger partial charge < -0.3 is 15.1 Å². The molecule has 2 amide bonds. The number of sulfonamides is 1. The summed E-state index contributed by atoms with van der Waals surface area (Å²) in [6.45, 7) is 1.51. The summed E-state index contributed by atoms with van der Waals surface area (Å²) in [6.07, 6.45) is 2.14.